The maximum atomic E-state index is 13.0. The Morgan fingerprint density at radius 2 is 1.73 bits per heavy atom. The van der Waals surface area contributed by atoms with Crippen LogP contribution in [0.5, 0.6) is 0 Å². The Labute approximate surface area is 180 Å². The number of nitriles is 1. The van der Waals surface area contributed by atoms with Crippen molar-refractivity contribution in [1.82, 2.24) is 4.90 Å². The predicted octanol–water partition coefficient (Wildman–Crippen LogP) is 4.56. The number of hydrogen-bond acceptors (Lipinski definition) is 4. The topological polar surface area (TPSA) is 73.2 Å². The minimum atomic E-state index is -0.199. The Hall–Kier alpha value is -3.56. The third-order valence-electron chi connectivity index (χ3n) is 4.36. The molecule has 150 valence electrons. The number of amides is 2. The first-order valence-corrected chi connectivity index (χ1v) is 10.4. The maximum absolute atomic E-state index is 13.0. The van der Waals surface area contributed by atoms with Gasteiger partial charge in [0.2, 0.25) is 5.91 Å². The van der Waals surface area contributed by atoms with E-state index in [9.17, 15) is 9.59 Å². The fourth-order valence-corrected chi connectivity index (χ4v) is 3.76. The number of anilines is 1. The van der Waals surface area contributed by atoms with Gasteiger partial charge in [-0.25, -0.2) is 0 Å². The van der Waals surface area contributed by atoms with Crippen LogP contribution in [0.2, 0.25) is 0 Å². The van der Waals surface area contributed by atoms with Crippen LogP contribution in [-0.2, 0) is 11.3 Å². The van der Waals surface area contributed by atoms with Crippen molar-refractivity contribution in [1.29, 1.82) is 5.26 Å². The van der Waals surface area contributed by atoms with Crippen LogP contribution in [0, 0.1) is 11.3 Å². The quantitative estimate of drug-likeness (QED) is 0.574. The maximum Gasteiger partial charge on any atom is 0.255 e. The smallest absolute Gasteiger partial charge is 0.255 e. The first-order chi connectivity index (χ1) is 14.6. The molecule has 0 bridgehead atoms. The molecule has 3 aromatic carbocycles. The van der Waals surface area contributed by atoms with E-state index in [1.807, 2.05) is 54.6 Å². The first kappa shape index (κ1) is 21.2. The lowest BCUT2D eigenvalue weighted by Gasteiger charge is -2.19. The molecule has 6 heteroatoms. The van der Waals surface area contributed by atoms with E-state index in [0.29, 0.717) is 23.4 Å². The second-order valence-corrected chi connectivity index (χ2v) is 7.69. The average molecular weight is 416 g/mol. The van der Waals surface area contributed by atoms with Crippen molar-refractivity contribution >= 4 is 29.3 Å². The van der Waals surface area contributed by atoms with Crippen LogP contribution in [0.25, 0.3) is 0 Å². The molecule has 0 saturated heterocycles. The molecule has 0 fully saturated rings. The lowest BCUT2D eigenvalue weighted by atomic mass is 10.1. The Morgan fingerprint density at radius 1 is 1.00 bits per heavy atom. The molecule has 0 saturated carbocycles. The zero-order valence-electron chi connectivity index (χ0n) is 16.5. The number of nitrogens with zero attached hydrogens (tertiary/aromatic N) is 2. The van der Waals surface area contributed by atoms with E-state index in [2.05, 4.69) is 5.32 Å². The van der Waals surface area contributed by atoms with Crippen LogP contribution < -0.4 is 5.32 Å². The second kappa shape index (κ2) is 10.3. The molecular formula is C24H21N3O2S. The van der Waals surface area contributed by atoms with Crippen LogP contribution in [0.4, 0.5) is 5.69 Å². The third kappa shape index (κ3) is 5.72. The van der Waals surface area contributed by atoms with E-state index in [0.717, 1.165) is 10.5 Å². The van der Waals surface area contributed by atoms with Gasteiger partial charge in [-0.1, -0.05) is 48.5 Å². The highest BCUT2D eigenvalue weighted by Gasteiger charge is 2.17. The molecule has 3 aromatic rings. The van der Waals surface area contributed by atoms with Crippen LogP contribution in [0.3, 0.4) is 0 Å². The summed E-state index contributed by atoms with van der Waals surface area (Å²) in [5.74, 6) is -0.136. The van der Waals surface area contributed by atoms with Crippen LogP contribution in [0.15, 0.2) is 83.8 Å². The molecule has 0 radical (unpaired) electrons. The van der Waals surface area contributed by atoms with Gasteiger partial charge in [0.1, 0.15) is 0 Å². The highest BCUT2D eigenvalue weighted by Crippen LogP contribution is 2.24. The summed E-state index contributed by atoms with van der Waals surface area (Å²) in [7, 11) is 1.77. The van der Waals surface area contributed by atoms with E-state index in [-0.39, 0.29) is 17.6 Å². The van der Waals surface area contributed by atoms with Crippen molar-refractivity contribution in [3.05, 3.63) is 95.6 Å². The first-order valence-electron chi connectivity index (χ1n) is 9.38. The molecule has 3 rings (SSSR count). The normalized spacial score (nSPS) is 10.1. The van der Waals surface area contributed by atoms with Crippen molar-refractivity contribution in [3.8, 4) is 6.07 Å². The lowest BCUT2D eigenvalue weighted by molar-refractivity contribution is -0.113. The number of rotatable bonds is 7. The monoisotopic (exact) mass is 415 g/mol. The number of benzene rings is 3. The minimum absolute atomic E-state index is 0.0934. The zero-order chi connectivity index (χ0) is 21.3. The summed E-state index contributed by atoms with van der Waals surface area (Å²) in [5.41, 5.74) is 2.68. The van der Waals surface area contributed by atoms with Gasteiger partial charge < -0.3 is 10.2 Å². The summed E-state index contributed by atoms with van der Waals surface area (Å²) in [4.78, 5) is 27.7. The number of carbonyl (C=O) groups excluding carboxylic acids is 2. The van der Waals surface area contributed by atoms with Gasteiger partial charge in [-0.3, -0.25) is 9.59 Å². The third-order valence-corrected chi connectivity index (χ3v) is 5.43. The molecule has 0 aliphatic carbocycles. The van der Waals surface area contributed by atoms with Gasteiger partial charge in [-0.15, -0.1) is 11.8 Å². The van der Waals surface area contributed by atoms with Crippen molar-refractivity contribution in [3.63, 3.8) is 0 Å². The average Bonchev–Trinajstić information content (AvgIpc) is 2.78. The summed E-state index contributed by atoms with van der Waals surface area (Å²) in [6, 6.07) is 25.9. The van der Waals surface area contributed by atoms with Gasteiger partial charge >= 0.3 is 0 Å². The van der Waals surface area contributed by atoms with Gasteiger partial charge in [0, 0.05) is 24.2 Å². The standard InChI is InChI=1S/C24H21N3O2S/c1-27(16-18-8-3-2-4-9-18)24(29)21-12-5-6-13-22(21)30-17-23(28)26-20-11-7-10-19(14-20)15-25/h2-14H,16-17H2,1H3,(H,26,28). The number of thioether (sulfide) groups is 1. The Morgan fingerprint density at radius 3 is 2.50 bits per heavy atom. The second-order valence-electron chi connectivity index (χ2n) is 6.67. The van der Waals surface area contributed by atoms with Gasteiger partial charge in [0.25, 0.3) is 5.91 Å². The predicted molar refractivity (Wildman–Crippen MR) is 119 cm³/mol. The molecule has 0 aliphatic heterocycles. The van der Waals surface area contributed by atoms with E-state index in [4.69, 9.17) is 5.26 Å². The summed E-state index contributed by atoms with van der Waals surface area (Å²) in [6.45, 7) is 0.508. The molecule has 0 aliphatic rings. The van der Waals surface area contributed by atoms with Crippen LogP contribution in [0.1, 0.15) is 21.5 Å². The molecule has 5 nitrogen and oxygen atoms in total. The van der Waals surface area contributed by atoms with E-state index >= 15 is 0 Å². The molecule has 0 spiro atoms. The van der Waals surface area contributed by atoms with Crippen LogP contribution >= 0.6 is 11.8 Å². The van der Waals surface area contributed by atoms with E-state index in [1.54, 1.807) is 42.3 Å². The van der Waals surface area contributed by atoms with Crippen LogP contribution in [-0.4, -0.2) is 29.5 Å². The minimum Gasteiger partial charge on any atom is -0.337 e. The van der Waals surface area contributed by atoms with Crippen molar-refractivity contribution < 1.29 is 9.59 Å². The SMILES string of the molecule is CN(Cc1ccccc1)C(=O)c1ccccc1SCC(=O)Nc1cccc(C#N)c1. The summed E-state index contributed by atoms with van der Waals surface area (Å²) < 4.78 is 0. The van der Waals surface area contributed by atoms with E-state index < -0.39 is 0 Å². The fourth-order valence-electron chi connectivity index (χ4n) is 2.91. The lowest BCUT2D eigenvalue weighted by Crippen LogP contribution is -2.26. The Balaban J connectivity index is 1.64. The number of hydrogen-bond donors (Lipinski definition) is 1. The Bertz CT molecular complexity index is 1080. The summed E-state index contributed by atoms with van der Waals surface area (Å²) in [6.07, 6.45) is 0. The molecule has 0 atom stereocenters. The van der Waals surface area contributed by atoms with Crippen molar-refractivity contribution in [2.45, 2.75) is 11.4 Å². The molecule has 2 amide bonds. The molecule has 0 unspecified atom stereocenters. The van der Waals surface area contributed by atoms with Gasteiger partial charge in [0.15, 0.2) is 0 Å². The van der Waals surface area contributed by atoms with Crippen molar-refractivity contribution in [2.75, 3.05) is 18.1 Å². The Kier molecular flexibility index (Phi) is 7.25. The highest BCUT2D eigenvalue weighted by molar-refractivity contribution is 8.00. The van der Waals surface area contributed by atoms with Crippen molar-refractivity contribution in [2.24, 2.45) is 0 Å². The number of carbonyl (C=O) groups is 2. The van der Waals surface area contributed by atoms with Gasteiger partial charge in [-0.2, -0.15) is 5.26 Å². The molecule has 0 aromatic heterocycles. The summed E-state index contributed by atoms with van der Waals surface area (Å²) >= 11 is 1.31. The molecular weight excluding hydrogens is 394 g/mol. The fraction of sp³-hybridized carbons (Fsp3) is 0.125. The molecule has 30 heavy (non-hydrogen) atoms. The van der Waals surface area contributed by atoms with Gasteiger partial charge in [-0.05, 0) is 35.9 Å². The highest BCUT2D eigenvalue weighted by atomic mass is 32.2. The van der Waals surface area contributed by atoms with Gasteiger partial charge in [0.05, 0.1) is 22.9 Å². The largest absolute Gasteiger partial charge is 0.337 e. The zero-order valence-corrected chi connectivity index (χ0v) is 17.4. The number of nitrogens with one attached hydrogen (secondary N) is 1. The molecule has 1 N–H and O–H groups in total. The summed E-state index contributed by atoms with van der Waals surface area (Å²) in [5, 5.41) is 11.8. The molecule has 0 heterocycles. The van der Waals surface area contributed by atoms with E-state index in [1.165, 1.54) is 11.8 Å².